The molecule has 2 rings (SSSR count). The summed E-state index contributed by atoms with van der Waals surface area (Å²) in [6.07, 6.45) is 0.228. The fourth-order valence-electron chi connectivity index (χ4n) is 2.19. The first-order chi connectivity index (χ1) is 10.9. The third-order valence-electron chi connectivity index (χ3n) is 3.48. The number of hydrogen-bond acceptors (Lipinski definition) is 4. The van der Waals surface area contributed by atoms with Crippen molar-refractivity contribution in [1.29, 1.82) is 0 Å². The molecule has 0 saturated heterocycles. The highest BCUT2D eigenvalue weighted by atomic mass is 32.2. The first-order valence-corrected chi connectivity index (χ1v) is 8.73. The summed E-state index contributed by atoms with van der Waals surface area (Å²) in [5, 5.41) is 10.4. The number of carboxylic acids is 1. The zero-order valence-electron chi connectivity index (χ0n) is 12.7. The maximum absolute atomic E-state index is 12.4. The molecule has 5 nitrogen and oxygen atoms in total. The van der Waals surface area contributed by atoms with E-state index >= 15 is 0 Å². The summed E-state index contributed by atoms with van der Waals surface area (Å²) in [6.45, 7) is 1.78. The van der Waals surface area contributed by atoms with Gasteiger partial charge in [-0.2, -0.15) is 0 Å². The topological polar surface area (TPSA) is 86.3 Å². The Labute approximate surface area is 136 Å². The van der Waals surface area contributed by atoms with E-state index in [1.165, 1.54) is 12.1 Å². The molecule has 0 unspecified atom stereocenters. The highest BCUT2D eigenvalue weighted by molar-refractivity contribution is 7.89. The summed E-state index contributed by atoms with van der Waals surface area (Å²) < 4.78 is 27.4. The van der Waals surface area contributed by atoms with E-state index in [4.69, 9.17) is 0 Å². The average molecular weight is 332 g/mol. The van der Waals surface area contributed by atoms with Crippen LogP contribution in [0.25, 0.3) is 0 Å². The Hall–Kier alpha value is -2.18. The lowest BCUT2D eigenvalue weighted by atomic mass is 10.1. The second kappa shape index (κ2) is 7.39. The molecule has 23 heavy (non-hydrogen) atoms. The molecule has 1 atom stereocenters. The maximum atomic E-state index is 12.4. The van der Waals surface area contributed by atoms with Gasteiger partial charge in [-0.25, -0.2) is 13.1 Å². The summed E-state index contributed by atoms with van der Waals surface area (Å²) in [7, 11) is -3.63. The van der Waals surface area contributed by atoms with Crippen LogP contribution in [0.3, 0.4) is 0 Å². The number of carbonyl (C=O) groups excluding carboxylic acids is 1. The van der Waals surface area contributed by atoms with E-state index in [1.54, 1.807) is 19.1 Å². The summed E-state index contributed by atoms with van der Waals surface area (Å²) in [5.41, 5.74) is 1.63. The predicted molar refractivity (Wildman–Crippen MR) is 84.9 cm³/mol. The number of sulfonamides is 1. The highest BCUT2D eigenvalue weighted by Crippen LogP contribution is 2.17. The van der Waals surface area contributed by atoms with Crippen LogP contribution < -0.4 is 9.83 Å². The molecule has 2 aromatic carbocycles. The van der Waals surface area contributed by atoms with Crippen molar-refractivity contribution in [1.82, 2.24) is 4.72 Å². The van der Waals surface area contributed by atoms with Crippen molar-refractivity contribution in [3.8, 4) is 0 Å². The average Bonchev–Trinajstić information content (AvgIpc) is 2.53. The number of aliphatic carboxylic acids is 1. The van der Waals surface area contributed by atoms with Crippen molar-refractivity contribution in [3.05, 3.63) is 65.7 Å². The highest BCUT2D eigenvalue weighted by Gasteiger charge is 2.18. The minimum absolute atomic E-state index is 0.0879. The molecule has 0 heterocycles. The van der Waals surface area contributed by atoms with Gasteiger partial charge < -0.3 is 9.90 Å². The second-order valence-electron chi connectivity index (χ2n) is 5.27. The lowest BCUT2D eigenvalue weighted by Gasteiger charge is -2.15. The standard InChI is InChI=1S/C17H19NO4S/c1-13(15-5-3-2-4-6-15)18-23(21,22)16-10-7-14(8-11-16)9-12-17(19)20/h2-8,10-11,13,18H,9,12H2,1H3,(H,19,20)/p-1/t13-/m0/s1. The Morgan fingerprint density at radius 2 is 1.70 bits per heavy atom. The second-order valence-corrected chi connectivity index (χ2v) is 6.98. The molecule has 0 bridgehead atoms. The van der Waals surface area contributed by atoms with Gasteiger partial charge >= 0.3 is 0 Å². The van der Waals surface area contributed by atoms with Gasteiger partial charge in [-0.15, -0.1) is 0 Å². The van der Waals surface area contributed by atoms with Gasteiger partial charge in [0.15, 0.2) is 0 Å². The molecule has 0 amide bonds. The summed E-state index contributed by atoms with van der Waals surface area (Å²) >= 11 is 0. The zero-order chi connectivity index (χ0) is 16.9. The molecular formula is C17H18NO4S-. The van der Waals surface area contributed by atoms with Crippen molar-refractivity contribution in [3.63, 3.8) is 0 Å². The van der Waals surface area contributed by atoms with E-state index < -0.39 is 16.0 Å². The number of hydrogen-bond donors (Lipinski definition) is 1. The number of carboxylic acid groups (broad SMARTS) is 1. The van der Waals surface area contributed by atoms with E-state index in [2.05, 4.69) is 4.72 Å². The van der Waals surface area contributed by atoms with Crippen molar-refractivity contribution in [2.45, 2.75) is 30.7 Å². The van der Waals surface area contributed by atoms with E-state index in [-0.39, 0.29) is 17.4 Å². The van der Waals surface area contributed by atoms with Crippen LogP contribution in [0, 0.1) is 0 Å². The minimum Gasteiger partial charge on any atom is -0.550 e. The Bertz CT molecular complexity index is 755. The number of rotatable bonds is 7. The summed E-state index contributed by atoms with van der Waals surface area (Å²) in [5.74, 6) is -1.12. The Morgan fingerprint density at radius 1 is 1.09 bits per heavy atom. The fourth-order valence-corrected chi connectivity index (χ4v) is 3.42. The van der Waals surface area contributed by atoms with Crippen LogP contribution in [0.15, 0.2) is 59.5 Å². The van der Waals surface area contributed by atoms with Gasteiger partial charge in [0.05, 0.1) is 4.90 Å². The molecule has 6 heteroatoms. The molecule has 122 valence electrons. The molecule has 0 aliphatic carbocycles. The number of nitrogens with one attached hydrogen (secondary N) is 1. The Kier molecular flexibility index (Phi) is 5.52. The summed E-state index contributed by atoms with van der Waals surface area (Å²) in [4.78, 5) is 10.6. The maximum Gasteiger partial charge on any atom is 0.241 e. The quantitative estimate of drug-likeness (QED) is 0.830. The molecule has 0 fully saturated rings. The molecule has 0 aromatic heterocycles. The summed E-state index contributed by atoms with van der Waals surface area (Å²) in [6, 6.07) is 15.1. The van der Waals surface area contributed by atoms with Crippen LogP contribution in [0.4, 0.5) is 0 Å². The van der Waals surface area contributed by atoms with Crippen LogP contribution in [0.5, 0.6) is 0 Å². The molecule has 0 radical (unpaired) electrons. The van der Waals surface area contributed by atoms with Crippen LogP contribution >= 0.6 is 0 Å². The smallest absolute Gasteiger partial charge is 0.241 e. The van der Waals surface area contributed by atoms with Gasteiger partial charge in [0, 0.05) is 12.0 Å². The van der Waals surface area contributed by atoms with Gasteiger partial charge in [-0.05, 0) is 43.0 Å². The van der Waals surface area contributed by atoms with Gasteiger partial charge in [-0.1, -0.05) is 42.5 Å². The third kappa shape index (κ3) is 4.91. The first-order valence-electron chi connectivity index (χ1n) is 7.24. The van der Waals surface area contributed by atoms with E-state index in [0.717, 1.165) is 11.1 Å². The third-order valence-corrected chi connectivity index (χ3v) is 5.04. The van der Waals surface area contributed by atoms with Crippen LogP contribution in [0.2, 0.25) is 0 Å². The van der Waals surface area contributed by atoms with Crippen LogP contribution in [-0.4, -0.2) is 14.4 Å². The molecule has 2 aromatic rings. The van der Waals surface area contributed by atoms with Gasteiger partial charge in [0.2, 0.25) is 10.0 Å². The van der Waals surface area contributed by atoms with E-state index in [9.17, 15) is 18.3 Å². The van der Waals surface area contributed by atoms with Crippen LogP contribution in [-0.2, 0) is 21.2 Å². The Balaban J connectivity index is 2.08. The SMILES string of the molecule is C[C@H](NS(=O)(=O)c1ccc(CCC(=O)[O-])cc1)c1ccccc1. The lowest BCUT2D eigenvalue weighted by molar-refractivity contribution is -0.305. The van der Waals surface area contributed by atoms with Gasteiger partial charge in [0.25, 0.3) is 0 Å². The molecule has 0 aliphatic rings. The molecule has 0 saturated carbocycles. The lowest BCUT2D eigenvalue weighted by Crippen LogP contribution is -2.26. The molecular weight excluding hydrogens is 314 g/mol. The Morgan fingerprint density at radius 3 is 2.26 bits per heavy atom. The monoisotopic (exact) mass is 332 g/mol. The first kappa shape index (κ1) is 17.2. The zero-order valence-corrected chi connectivity index (χ0v) is 13.5. The van der Waals surface area contributed by atoms with Crippen LogP contribution in [0.1, 0.15) is 30.5 Å². The van der Waals surface area contributed by atoms with Crippen molar-refractivity contribution >= 4 is 16.0 Å². The van der Waals surface area contributed by atoms with E-state index in [0.29, 0.717) is 6.42 Å². The van der Waals surface area contributed by atoms with Gasteiger partial charge in [-0.3, -0.25) is 0 Å². The van der Waals surface area contributed by atoms with Crippen molar-refractivity contribution in [2.24, 2.45) is 0 Å². The normalized spacial score (nSPS) is 12.7. The largest absolute Gasteiger partial charge is 0.550 e. The molecule has 1 N–H and O–H groups in total. The predicted octanol–water partition coefficient (Wildman–Crippen LogP) is 1.41. The number of carbonyl (C=O) groups is 1. The minimum atomic E-state index is -3.63. The van der Waals surface area contributed by atoms with Gasteiger partial charge in [0.1, 0.15) is 0 Å². The molecule has 0 spiro atoms. The fraction of sp³-hybridized carbons (Fsp3) is 0.235. The number of aryl methyl sites for hydroxylation is 1. The number of benzene rings is 2. The molecule has 0 aliphatic heterocycles. The van der Waals surface area contributed by atoms with E-state index in [1.807, 2.05) is 30.3 Å². The van der Waals surface area contributed by atoms with Crippen molar-refractivity contribution in [2.75, 3.05) is 0 Å². The van der Waals surface area contributed by atoms with Crippen molar-refractivity contribution < 1.29 is 18.3 Å².